The molecular weight excluding hydrogens is 861 g/mol. The van der Waals surface area contributed by atoms with Crippen molar-refractivity contribution >= 4 is 115 Å². The number of aromatic nitrogens is 2. The van der Waals surface area contributed by atoms with Gasteiger partial charge in [0.25, 0.3) is 0 Å². The van der Waals surface area contributed by atoms with Gasteiger partial charge in [-0.15, -0.1) is 0 Å². The third-order valence-corrected chi connectivity index (χ3v) is 14.6. The molecule has 71 heavy (non-hydrogen) atoms. The van der Waals surface area contributed by atoms with E-state index in [1.807, 2.05) is 0 Å². The van der Waals surface area contributed by atoms with Gasteiger partial charge >= 0.3 is 0 Å². The van der Waals surface area contributed by atoms with Crippen LogP contribution in [0.1, 0.15) is 18.1 Å². The summed E-state index contributed by atoms with van der Waals surface area (Å²) in [6.45, 7) is 6.62. The molecular formula is C67H44N4. The molecule has 2 heterocycles. The van der Waals surface area contributed by atoms with Gasteiger partial charge in [0.05, 0.1) is 27.8 Å². The zero-order valence-electron chi connectivity index (χ0n) is 39.0. The summed E-state index contributed by atoms with van der Waals surface area (Å²) >= 11 is 0. The Morgan fingerprint density at radius 2 is 0.789 bits per heavy atom. The molecule has 14 aromatic rings. The Labute approximate surface area is 410 Å². The lowest BCUT2D eigenvalue weighted by Gasteiger charge is -2.14. The van der Waals surface area contributed by atoms with Crippen LogP contribution >= 0.6 is 0 Å². The van der Waals surface area contributed by atoms with E-state index < -0.39 is 0 Å². The van der Waals surface area contributed by atoms with E-state index in [0.717, 1.165) is 60.8 Å². The number of para-hydroxylation sites is 2. The molecule has 0 saturated carbocycles. The fourth-order valence-electron chi connectivity index (χ4n) is 11.1. The summed E-state index contributed by atoms with van der Waals surface area (Å²) in [6.07, 6.45) is 0. The molecule has 332 valence electrons. The lowest BCUT2D eigenvalue weighted by molar-refractivity contribution is 1.19. The number of rotatable bonds is 5. The first kappa shape index (κ1) is 40.7. The Morgan fingerprint density at radius 1 is 0.338 bits per heavy atom. The van der Waals surface area contributed by atoms with Gasteiger partial charge in [0.1, 0.15) is 0 Å². The van der Waals surface area contributed by atoms with Crippen molar-refractivity contribution in [2.45, 2.75) is 6.92 Å². The molecule has 0 atom stereocenters. The zero-order valence-corrected chi connectivity index (χ0v) is 39.0. The van der Waals surface area contributed by atoms with Crippen molar-refractivity contribution in [1.29, 1.82) is 0 Å². The fourth-order valence-corrected chi connectivity index (χ4v) is 11.1. The normalized spacial score (nSPS) is 12.5. The summed E-state index contributed by atoms with van der Waals surface area (Å²) in [5.74, 6) is 0.553. The Balaban J connectivity index is 0.921. The van der Waals surface area contributed by atoms with Crippen LogP contribution in [0.15, 0.2) is 253 Å². The Kier molecular flexibility index (Phi) is 9.23. The standard InChI is InChI=1S/C67H44N4/c1-42(46-29-27-44-15-3-5-17-48(44)37-46)68-67(69-43(2)47-30-28-45-16-4-6-18-49(45)38-47)71-64-26-14-12-24-59(64)62-40-51(32-36-66(62)71)50-31-35-65-61(39-50)58-23-11-13-25-63(58)70(65)52-33-34-57-55-21-8-7-19-53(55)54-20-9-10-22-56(54)60(57)41-52/h3-41H,1H2,2H3/b68-67+,69-43+. The molecule has 0 aliphatic heterocycles. The Morgan fingerprint density at radius 3 is 1.44 bits per heavy atom. The van der Waals surface area contributed by atoms with Crippen LogP contribution < -0.4 is 0 Å². The largest absolute Gasteiger partial charge is 0.309 e. The van der Waals surface area contributed by atoms with Crippen LogP contribution in [-0.2, 0) is 0 Å². The summed E-state index contributed by atoms with van der Waals surface area (Å²) in [5, 5.41) is 17.0. The maximum atomic E-state index is 5.41. The van der Waals surface area contributed by atoms with Crippen molar-refractivity contribution in [1.82, 2.24) is 9.13 Å². The molecule has 4 heteroatoms. The Hall–Kier alpha value is -9.38. The average molecular weight is 905 g/mol. The summed E-state index contributed by atoms with van der Waals surface area (Å²) in [6, 6.07) is 85.5. The third-order valence-electron chi connectivity index (χ3n) is 14.6. The van der Waals surface area contributed by atoms with Crippen LogP contribution in [0.4, 0.5) is 0 Å². The smallest absolute Gasteiger partial charge is 0.235 e. The number of nitrogens with zero attached hydrogens (tertiary/aromatic N) is 4. The summed E-state index contributed by atoms with van der Waals surface area (Å²) in [4.78, 5) is 10.7. The van der Waals surface area contributed by atoms with Gasteiger partial charge in [0.15, 0.2) is 0 Å². The maximum absolute atomic E-state index is 5.41. The molecule has 0 amide bonds. The molecule has 0 unspecified atom stereocenters. The van der Waals surface area contributed by atoms with Gasteiger partial charge in [-0.1, -0.05) is 183 Å². The second-order valence-corrected chi connectivity index (χ2v) is 18.7. The number of hydrogen-bond donors (Lipinski definition) is 0. The highest BCUT2D eigenvalue weighted by Gasteiger charge is 2.19. The predicted octanol–water partition coefficient (Wildman–Crippen LogP) is 17.7. The van der Waals surface area contributed by atoms with Crippen molar-refractivity contribution in [3.63, 3.8) is 0 Å². The maximum Gasteiger partial charge on any atom is 0.235 e. The van der Waals surface area contributed by atoms with Gasteiger partial charge in [0, 0.05) is 38.5 Å². The lowest BCUT2D eigenvalue weighted by atomic mass is 9.94. The average Bonchev–Trinajstić information content (AvgIpc) is 3.94. The summed E-state index contributed by atoms with van der Waals surface area (Å²) in [7, 11) is 0. The van der Waals surface area contributed by atoms with Crippen LogP contribution in [0, 0.1) is 0 Å². The predicted molar refractivity (Wildman–Crippen MR) is 304 cm³/mol. The van der Waals surface area contributed by atoms with Crippen LogP contribution in [0.25, 0.3) is 120 Å². The van der Waals surface area contributed by atoms with Gasteiger partial charge in [-0.2, -0.15) is 0 Å². The molecule has 0 bridgehead atoms. The van der Waals surface area contributed by atoms with E-state index in [2.05, 4.69) is 259 Å². The molecule has 4 nitrogen and oxygen atoms in total. The molecule has 0 aliphatic carbocycles. The topological polar surface area (TPSA) is 34.6 Å². The van der Waals surface area contributed by atoms with Crippen molar-refractivity contribution in [3.8, 4) is 16.8 Å². The van der Waals surface area contributed by atoms with Gasteiger partial charge in [0.2, 0.25) is 5.96 Å². The second kappa shape index (κ2) is 16.1. The SMILES string of the molecule is C=C(/N=C(\N=C(/C)c1ccc2ccccc2c1)n1c2ccccc2c2cc(-c3ccc4c(c3)c3ccccc3n4-c3ccc4c5ccccc5c5ccccc5c4c3)ccc21)c1ccc2ccccc2c1. The minimum atomic E-state index is 0.553. The van der Waals surface area contributed by atoms with Crippen LogP contribution in [0.2, 0.25) is 0 Å². The minimum absolute atomic E-state index is 0.553. The molecule has 2 aromatic heterocycles. The van der Waals surface area contributed by atoms with Crippen molar-refractivity contribution in [3.05, 3.63) is 254 Å². The molecule has 14 rings (SSSR count). The quantitative estimate of drug-likeness (QED) is 0.0937. The second-order valence-electron chi connectivity index (χ2n) is 18.7. The lowest BCUT2D eigenvalue weighted by Crippen LogP contribution is -2.12. The molecule has 0 N–H and O–H groups in total. The van der Waals surface area contributed by atoms with E-state index in [9.17, 15) is 0 Å². The zero-order chi connectivity index (χ0) is 47.2. The van der Waals surface area contributed by atoms with E-state index in [1.165, 1.54) is 70.3 Å². The summed E-state index contributed by atoms with van der Waals surface area (Å²) < 4.78 is 4.64. The fraction of sp³-hybridized carbons (Fsp3) is 0.0149. The van der Waals surface area contributed by atoms with E-state index in [1.54, 1.807) is 0 Å². The van der Waals surface area contributed by atoms with Gasteiger partial charge in [-0.25, -0.2) is 9.98 Å². The monoisotopic (exact) mass is 904 g/mol. The van der Waals surface area contributed by atoms with Crippen molar-refractivity contribution < 1.29 is 0 Å². The molecule has 0 saturated heterocycles. The van der Waals surface area contributed by atoms with E-state index >= 15 is 0 Å². The number of benzene rings is 12. The van der Waals surface area contributed by atoms with E-state index in [4.69, 9.17) is 9.98 Å². The molecule has 0 radical (unpaired) electrons. The first-order valence-corrected chi connectivity index (χ1v) is 24.2. The molecule has 0 spiro atoms. The molecule has 0 aliphatic rings. The molecule has 0 fully saturated rings. The van der Waals surface area contributed by atoms with E-state index in [-0.39, 0.29) is 0 Å². The van der Waals surface area contributed by atoms with Crippen LogP contribution in [-0.4, -0.2) is 20.8 Å². The third kappa shape index (κ3) is 6.60. The molecule has 12 aromatic carbocycles. The highest BCUT2D eigenvalue weighted by atomic mass is 15.2. The first-order valence-electron chi connectivity index (χ1n) is 24.2. The van der Waals surface area contributed by atoms with Crippen LogP contribution in [0.3, 0.4) is 0 Å². The minimum Gasteiger partial charge on any atom is -0.309 e. The number of hydrogen-bond acceptors (Lipinski definition) is 1. The van der Waals surface area contributed by atoms with Crippen molar-refractivity contribution in [2.75, 3.05) is 0 Å². The van der Waals surface area contributed by atoms with Gasteiger partial charge in [-0.05, 0) is 138 Å². The Bertz CT molecular complexity index is 4580. The highest BCUT2D eigenvalue weighted by molar-refractivity contribution is 6.26. The van der Waals surface area contributed by atoms with E-state index in [0.29, 0.717) is 11.7 Å². The first-order chi connectivity index (χ1) is 35.0. The van der Waals surface area contributed by atoms with Crippen molar-refractivity contribution in [2.24, 2.45) is 9.98 Å². The summed E-state index contributed by atoms with van der Waals surface area (Å²) in [5.41, 5.74) is 11.3. The van der Waals surface area contributed by atoms with Gasteiger partial charge in [-0.3, -0.25) is 4.57 Å². The number of fused-ring (bicyclic) bond motifs is 14. The highest BCUT2D eigenvalue weighted by Crippen LogP contribution is 2.41. The van der Waals surface area contributed by atoms with Crippen LogP contribution in [0.5, 0.6) is 0 Å². The number of aliphatic imine (C=N–C) groups is 2. The van der Waals surface area contributed by atoms with Gasteiger partial charge < -0.3 is 4.57 Å².